The van der Waals surface area contributed by atoms with Gasteiger partial charge in [0.05, 0.1) is 23.5 Å². The van der Waals surface area contributed by atoms with Gasteiger partial charge in [0.15, 0.2) is 5.75 Å². The van der Waals surface area contributed by atoms with E-state index in [1.807, 2.05) is 0 Å². The van der Waals surface area contributed by atoms with Crippen molar-refractivity contribution in [2.24, 2.45) is 0 Å². The van der Waals surface area contributed by atoms with Gasteiger partial charge in [-0.3, -0.25) is 5.32 Å². The summed E-state index contributed by atoms with van der Waals surface area (Å²) in [5.41, 5.74) is -1.53. The summed E-state index contributed by atoms with van der Waals surface area (Å²) in [5, 5.41) is 9.00. The Bertz CT molecular complexity index is 1330. The van der Waals surface area contributed by atoms with Gasteiger partial charge >= 0.3 is 18.9 Å². The van der Waals surface area contributed by atoms with Crippen molar-refractivity contribution in [2.45, 2.75) is 57.0 Å². The van der Waals surface area contributed by atoms with Crippen LogP contribution in [0.1, 0.15) is 38.2 Å². The van der Waals surface area contributed by atoms with Crippen LogP contribution in [0.3, 0.4) is 0 Å². The van der Waals surface area contributed by atoms with Crippen LogP contribution in [0.5, 0.6) is 5.75 Å². The zero-order valence-electron chi connectivity index (χ0n) is 20.2. The predicted molar refractivity (Wildman–Crippen MR) is 128 cm³/mol. The molecular formula is C24H25F5N6O3. The number of hydrogen-bond acceptors (Lipinski definition) is 7. The SMILES string of the molecule is CCOC(=O)Nc1ccc2c(-c3nc(N[C@H]4CCC5(CC5)NC4)ncc3C(F)(F)F)c[nH]c2c1OC(F)F. The smallest absolute Gasteiger partial charge is 0.419 e. The van der Waals surface area contributed by atoms with Gasteiger partial charge in [-0.05, 0) is 44.7 Å². The first-order valence-corrected chi connectivity index (χ1v) is 12.1. The average molecular weight is 540 g/mol. The third kappa shape index (κ3) is 5.30. The fourth-order valence-corrected chi connectivity index (χ4v) is 4.68. The van der Waals surface area contributed by atoms with Crippen LogP contribution < -0.4 is 20.7 Å². The van der Waals surface area contributed by atoms with E-state index in [1.54, 1.807) is 6.92 Å². The van der Waals surface area contributed by atoms with E-state index in [1.165, 1.54) is 18.3 Å². The first-order chi connectivity index (χ1) is 18.1. The lowest BCUT2D eigenvalue weighted by molar-refractivity contribution is -0.137. The zero-order valence-corrected chi connectivity index (χ0v) is 20.2. The van der Waals surface area contributed by atoms with Gasteiger partial charge in [0.1, 0.15) is 5.56 Å². The molecule has 0 unspecified atom stereocenters. The highest BCUT2D eigenvalue weighted by molar-refractivity contribution is 6.03. The fourth-order valence-electron chi connectivity index (χ4n) is 4.68. The topological polar surface area (TPSA) is 113 Å². The van der Waals surface area contributed by atoms with Crippen LogP contribution in [-0.4, -0.2) is 52.4 Å². The van der Waals surface area contributed by atoms with Crippen molar-refractivity contribution < 1.29 is 36.2 Å². The van der Waals surface area contributed by atoms with E-state index in [9.17, 15) is 26.7 Å². The number of H-pyrrole nitrogens is 1. The van der Waals surface area contributed by atoms with Crippen molar-refractivity contribution in [3.63, 3.8) is 0 Å². The summed E-state index contributed by atoms with van der Waals surface area (Å²) in [6.07, 6.45) is 0.252. The second-order valence-electron chi connectivity index (χ2n) is 9.29. The molecule has 3 aromatic rings. The molecule has 5 rings (SSSR count). The molecule has 9 nitrogen and oxygen atoms in total. The molecule has 1 atom stereocenters. The van der Waals surface area contributed by atoms with E-state index in [4.69, 9.17) is 4.74 Å². The van der Waals surface area contributed by atoms with Crippen LogP contribution in [0.2, 0.25) is 0 Å². The molecule has 1 aliphatic heterocycles. The van der Waals surface area contributed by atoms with Gasteiger partial charge in [-0.25, -0.2) is 14.8 Å². The van der Waals surface area contributed by atoms with E-state index < -0.39 is 35.9 Å². The molecule has 0 radical (unpaired) electrons. The summed E-state index contributed by atoms with van der Waals surface area (Å²) in [4.78, 5) is 22.7. The molecule has 1 spiro atoms. The zero-order chi connectivity index (χ0) is 27.1. The number of aromatic nitrogens is 3. The number of aromatic amines is 1. The van der Waals surface area contributed by atoms with Crippen LogP contribution >= 0.6 is 0 Å². The molecule has 2 aromatic heterocycles. The van der Waals surface area contributed by atoms with Crippen molar-refractivity contribution >= 4 is 28.6 Å². The Kier molecular flexibility index (Phi) is 6.75. The van der Waals surface area contributed by atoms with Crippen LogP contribution in [0, 0.1) is 0 Å². The lowest BCUT2D eigenvalue weighted by Gasteiger charge is -2.30. The summed E-state index contributed by atoms with van der Waals surface area (Å²) in [6.45, 7) is -1.03. The van der Waals surface area contributed by atoms with Gasteiger partial charge in [-0.15, -0.1) is 0 Å². The Morgan fingerprint density at radius 2 is 2.05 bits per heavy atom. The fraction of sp³-hybridized carbons (Fsp3) is 0.458. The van der Waals surface area contributed by atoms with Crippen LogP contribution in [0.25, 0.3) is 22.2 Å². The highest BCUT2D eigenvalue weighted by Crippen LogP contribution is 2.44. The summed E-state index contributed by atoms with van der Waals surface area (Å²) in [6, 6.07) is 2.55. The molecule has 38 heavy (non-hydrogen) atoms. The number of piperidine rings is 1. The number of anilines is 2. The highest BCUT2D eigenvalue weighted by Gasteiger charge is 2.45. The number of hydrogen-bond donors (Lipinski definition) is 4. The summed E-state index contributed by atoms with van der Waals surface area (Å²) in [7, 11) is 0. The molecule has 1 aliphatic carbocycles. The van der Waals surface area contributed by atoms with Crippen molar-refractivity contribution in [2.75, 3.05) is 23.8 Å². The average Bonchev–Trinajstić information content (AvgIpc) is 3.46. The minimum absolute atomic E-state index is 0.00159. The molecule has 4 N–H and O–H groups in total. The maximum absolute atomic E-state index is 13.9. The monoisotopic (exact) mass is 540 g/mol. The minimum atomic E-state index is -4.78. The third-order valence-corrected chi connectivity index (χ3v) is 6.76. The maximum atomic E-state index is 13.9. The number of halogens is 5. The van der Waals surface area contributed by atoms with Gasteiger partial charge in [0.25, 0.3) is 0 Å². The second kappa shape index (κ2) is 9.89. The second-order valence-corrected chi connectivity index (χ2v) is 9.29. The number of nitrogens with zero attached hydrogens (tertiary/aromatic N) is 2. The number of rotatable bonds is 7. The Balaban J connectivity index is 1.53. The molecule has 1 aromatic carbocycles. The molecule has 1 saturated carbocycles. The number of carbonyl (C=O) groups excluding carboxylic acids is 1. The van der Waals surface area contributed by atoms with Crippen LogP contribution in [-0.2, 0) is 10.9 Å². The molecule has 1 amide bonds. The van der Waals surface area contributed by atoms with Gasteiger partial charge in [-0.1, -0.05) is 0 Å². The quantitative estimate of drug-likeness (QED) is 0.292. The number of fused-ring (bicyclic) bond motifs is 1. The molecule has 2 aliphatic rings. The van der Waals surface area contributed by atoms with E-state index in [0.29, 0.717) is 12.7 Å². The lowest BCUT2D eigenvalue weighted by Crippen LogP contribution is -2.46. The van der Waals surface area contributed by atoms with Crippen LogP contribution in [0.15, 0.2) is 24.5 Å². The van der Waals surface area contributed by atoms with Gasteiger partial charge in [0.2, 0.25) is 5.95 Å². The first-order valence-electron chi connectivity index (χ1n) is 12.1. The number of ether oxygens (including phenoxy) is 2. The number of nitrogens with one attached hydrogen (secondary N) is 4. The molecule has 14 heteroatoms. The molecular weight excluding hydrogens is 515 g/mol. The normalized spacial score (nSPS) is 18.6. The molecule has 1 saturated heterocycles. The summed E-state index contributed by atoms with van der Waals surface area (Å²) < 4.78 is 77.7. The number of alkyl halides is 5. The van der Waals surface area contributed by atoms with Crippen LogP contribution in [0.4, 0.5) is 38.4 Å². The summed E-state index contributed by atoms with van der Waals surface area (Å²) in [5.74, 6) is -0.439. The predicted octanol–water partition coefficient (Wildman–Crippen LogP) is 5.51. The van der Waals surface area contributed by atoms with Gasteiger partial charge < -0.3 is 25.1 Å². The molecule has 3 heterocycles. The van der Waals surface area contributed by atoms with E-state index in [0.717, 1.165) is 25.7 Å². The third-order valence-electron chi connectivity index (χ3n) is 6.76. The van der Waals surface area contributed by atoms with E-state index in [-0.39, 0.29) is 46.3 Å². The van der Waals surface area contributed by atoms with Crippen molar-refractivity contribution in [1.82, 2.24) is 20.3 Å². The van der Waals surface area contributed by atoms with E-state index >= 15 is 0 Å². The van der Waals surface area contributed by atoms with Crippen molar-refractivity contribution in [3.05, 3.63) is 30.1 Å². The maximum Gasteiger partial charge on any atom is 0.419 e. The number of benzene rings is 1. The van der Waals surface area contributed by atoms with E-state index in [2.05, 4.69) is 35.6 Å². The first kappa shape index (κ1) is 25.9. The van der Waals surface area contributed by atoms with Crippen molar-refractivity contribution in [3.8, 4) is 17.0 Å². The van der Waals surface area contributed by atoms with Gasteiger partial charge in [0, 0.05) is 41.5 Å². The van der Waals surface area contributed by atoms with Crippen molar-refractivity contribution in [1.29, 1.82) is 0 Å². The molecule has 2 fully saturated rings. The Hall–Kier alpha value is -3.68. The standard InChI is InChI=1S/C24H25F5N6O3/c1-2-37-22(36)34-16-4-3-13-14(10-30-18(13)19(16)38-20(25)26)17-15(24(27,28)29)11-31-21(35-17)33-12-5-6-23(7-8-23)32-9-12/h3-4,10-12,20,30,32H,2,5-9H2,1H3,(H,34,36)(H,31,33,35)/t12-/m0/s1. The molecule has 0 bridgehead atoms. The molecule has 204 valence electrons. The lowest BCUT2D eigenvalue weighted by atomic mass is 9.99. The Labute approximate surface area is 213 Å². The Morgan fingerprint density at radius 1 is 1.26 bits per heavy atom. The largest absolute Gasteiger partial charge is 0.450 e. The number of amides is 1. The summed E-state index contributed by atoms with van der Waals surface area (Å²) >= 11 is 0. The van der Waals surface area contributed by atoms with Gasteiger partial charge in [-0.2, -0.15) is 22.0 Å². The number of carbonyl (C=O) groups is 1. The highest BCUT2D eigenvalue weighted by atomic mass is 19.4. The Morgan fingerprint density at radius 3 is 2.68 bits per heavy atom. The minimum Gasteiger partial charge on any atom is -0.450 e.